The maximum atomic E-state index is 12.0. The van der Waals surface area contributed by atoms with Crippen molar-refractivity contribution < 1.29 is 13.2 Å². The number of aryl methyl sites for hydroxylation is 1. The van der Waals surface area contributed by atoms with Crippen LogP contribution in [0.15, 0.2) is 18.2 Å². The van der Waals surface area contributed by atoms with E-state index in [2.05, 4.69) is 0 Å². The first-order chi connectivity index (χ1) is 8.61. The first-order valence-electron chi connectivity index (χ1n) is 5.97. The average molecular weight is 284 g/mol. The largest absolute Gasteiger partial charge is 0.372 e. The summed E-state index contributed by atoms with van der Waals surface area (Å²) in [5.41, 5.74) is 1.97. The molecule has 106 valence electrons. The van der Waals surface area contributed by atoms with Crippen LogP contribution in [0.3, 0.4) is 0 Å². The van der Waals surface area contributed by atoms with Crippen LogP contribution in [0.1, 0.15) is 29.8 Å². The van der Waals surface area contributed by atoms with E-state index < -0.39 is 15.9 Å². The number of nitrogens with zero attached hydrogens (tertiary/aromatic N) is 1. The Bertz CT molecular complexity index is 580. The molecule has 0 saturated carbocycles. The predicted molar refractivity (Wildman–Crippen MR) is 77.0 cm³/mol. The summed E-state index contributed by atoms with van der Waals surface area (Å²) in [6.45, 7) is 5.85. The molecule has 0 saturated heterocycles. The van der Waals surface area contributed by atoms with Crippen molar-refractivity contribution in [2.24, 2.45) is 0 Å². The highest BCUT2D eigenvalue weighted by Gasteiger charge is 2.18. The fourth-order valence-corrected chi connectivity index (χ4v) is 2.09. The van der Waals surface area contributed by atoms with Crippen molar-refractivity contribution in [1.29, 1.82) is 0 Å². The van der Waals surface area contributed by atoms with Gasteiger partial charge in [0, 0.05) is 18.8 Å². The molecule has 0 aromatic heterocycles. The number of anilines is 1. The molecule has 0 atom stereocenters. The quantitative estimate of drug-likeness (QED) is 0.910. The van der Waals surface area contributed by atoms with E-state index in [1.54, 1.807) is 6.07 Å². The van der Waals surface area contributed by atoms with Crippen LogP contribution in [0.2, 0.25) is 0 Å². The molecule has 19 heavy (non-hydrogen) atoms. The van der Waals surface area contributed by atoms with Crippen molar-refractivity contribution >= 4 is 21.6 Å². The standard InChI is InChI=1S/C13H20N2O3S/c1-9(2)15(4)12-7-6-10(3)8-11(12)13(16)14-19(5,17)18/h6-9H,1-5H3,(H,14,16). The van der Waals surface area contributed by atoms with Crippen molar-refractivity contribution in [1.82, 2.24) is 4.72 Å². The second-order valence-electron chi connectivity index (χ2n) is 4.93. The van der Waals surface area contributed by atoms with Crippen LogP contribution in [0, 0.1) is 6.92 Å². The smallest absolute Gasteiger partial charge is 0.266 e. The Hall–Kier alpha value is -1.56. The summed E-state index contributed by atoms with van der Waals surface area (Å²) in [5, 5.41) is 0. The van der Waals surface area contributed by atoms with Gasteiger partial charge in [-0.15, -0.1) is 0 Å². The first kappa shape index (κ1) is 15.5. The van der Waals surface area contributed by atoms with Gasteiger partial charge >= 0.3 is 0 Å². The minimum absolute atomic E-state index is 0.201. The second-order valence-corrected chi connectivity index (χ2v) is 6.68. The van der Waals surface area contributed by atoms with Gasteiger partial charge in [-0.05, 0) is 32.9 Å². The zero-order valence-electron chi connectivity index (χ0n) is 11.9. The summed E-state index contributed by atoms with van der Waals surface area (Å²) in [6.07, 6.45) is 0.965. The van der Waals surface area contributed by atoms with E-state index in [1.165, 1.54) is 0 Å². The van der Waals surface area contributed by atoms with E-state index in [4.69, 9.17) is 0 Å². The number of sulfonamides is 1. The monoisotopic (exact) mass is 284 g/mol. The van der Waals surface area contributed by atoms with Crippen LogP contribution < -0.4 is 9.62 Å². The van der Waals surface area contributed by atoms with Gasteiger partial charge in [-0.3, -0.25) is 4.79 Å². The van der Waals surface area contributed by atoms with Gasteiger partial charge < -0.3 is 4.90 Å². The number of hydrogen-bond donors (Lipinski definition) is 1. The maximum Gasteiger partial charge on any atom is 0.266 e. The molecule has 0 spiro atoms. The summed E-state index contributed by atoms with van der Waals surface area (Å²) in [6, 6.07) is 5.61. The van der Waals surface area contributed by atoms with Crippen LogP contribution >= 0.6 is 0 Å². The lowest BCUT2D eigenvalue weighted by Crippen LogP contribution is -2.33. The van der Waals surface area contributed by atoms with Crippen LogP contribution in [0.5, 0.6) is 0 Å². The lowest BCUT2D eigenvalue weighted by molar-refractivity contribution is 0.0982. The highest BCUT2D eigenvalue weighted by Crippen LogP contribution is 2.22. The number of carbonyl (C=O) groups excluding carboxylic acids is 1. The molecule has 1 N–H and O–H groups in total. The first-order valence-corrected chi connectivity index (χ1v) is 7.86. The molecular formula is C13H20N2O3S. The SMILES string of the molecule is Cc1ccc(N(C)C(C)C)c(C(=O)NS(C)(=O)=O)c1. The Kier molecular flexibility index (Phi) is 4.57. The predicted octanol–water partition coefficient (Wildman–Crippen LogP) is 1.53. The minimum Gasteiger partial charge on any atom is -0.372 e. The summed E-state index contributed by atoms with van der Waals surface area (Å²) in [5.74, 6) is -0.603. The molecule has 0 bridgehead atoms. The van der Waals surface area contributed by atoms with Gasteiger partial charge in [0.25, 0.3) is 5.91 Å². The topological polar surface area (TPSA) is 66.5 Å². The van der Waals surface area contributed by atoms with Gasteiger partial charge in [0.2, 0.25) is 10.0 Å². The Balaban J connectivity index is 3.25. The molecule has 0 aliphatic carbocycles. The lowest BCUT2D eigenvalue weighted by atomic mass is 10.1. The van der Waals surface area contributed by atoms with Crippen LogP contribution in [0.25, 0.3) is 0 Å². The van der Waals surface area contributed by atoms with Crippen molar-refractivity contribution in [2.75, 3.05) is 18.2 Å². The fourth-order valence-electron chi connectivity index (χ4n) is 1.64. The Labute approximate surface area is 114 Å². The Morgan fingerprint density at radius 2 is 1.89 bits per heavy atom. The number of carbonyl (C=O) groups is 1. The summed E-state index contributed by atoms with van der Waals surface area (Å²) >= 11 is 0. The molecule has 5 nitrogen and oxygen atoms in total. The molecule has 0 unspecified atom stereocenters. The summed E-state index contributed by atoms with van der Waals surface area (Å²) < 4.78 is 24.3. The van der Waals surface area contributed by atoms with E-state index in [0.717, 1.165) is 11.8 Å². The molecule has 1 amide bonds. The average Bonchev–Trinajstić information content (AvgIpc) is 2.25. The number of amides is 1. The van der Waals surface area contributed by atoms with Gasteiger partial charge in [0.1, 0.15) is 0 Å². The summed E-state index contributed by atoms with van der Waals surface area (Å²) in [7, 11) is -1.70. The van der Waals surface area contributed by atoms with E-state index in [-0.39, 0.29) is 6.04 Å². The van der Waals surface area contributed by atoms with Crippen LogP contribution in [0.4, 0.5) is 5.69 Å². The third-order valence-electron chi connectivity index (χ3n) is 2.83. The molecule has 1 rings (SSSR count). The van der Waals surface area contributed by atoms with Gasteiger partial charge in [0.15, 0.2) is 0 Å². The molecular weight excluding hydrogens is 264 g/mol. The maximum absolute atomic E-state index is 12.0. The number of nitrogens with one attached hydrogen (secondary N) is 1. The van der Waals surface area contributed by atoms with E-state index in [0.29, 0.717) is 11.3 Å². The van der Waals surface area contributed by atoms with E-state index in [1.807, 2.05) is 49.6 Å². The Morgan fingerprint density at radius 3 is 2.37 bits per heavy atom. The molecule has 1 aromatic rings. The van der Waals surface area contributed by atoms with E-state index in [9.17, 15) is 13.2 Å². The third-order valence-corrected chi connectivity index (χ3v) is 3.39. The van der Waals surface area contributed by atoms with E-state index >= 15 is 0 Å². The number of hydrogen-bond acceptors (Lipinski definition) is 4. The highest BCUT2D eigenvalue weighted by atomic mass is 32.2. The minimum atomic E-state index is -3.57. The van der Waals surface area contributed by atoms with Crippen LogP contribution in [-0.4, -0.2) is 33.7 Å². The van der Waals surface area contributed by atoms with Crippen molar-refractivity contribution in [3.8, 4) is 0 Å². The Morgan fingerprint density at radius 1 is 1.32 bits per heavy atom. The van der Waals surface area contributed by atoms with Crippen molar-refractivity contribution in [2.45, 2.75) is 26.8 Å². The fraction of sp³-hybridized carbons (Fsp3) is 0.462. The molecule has 0 aliphatic rings. The normalized spacial score (nSPS) is 11.5. The molecule has 0 aliphatic heterocycles. The van der Waals surface area contributed by atoms with Gasteiger partial charge in [-0.2, -0.15) is 0 Å². The van der Waals surface area contributed by atoms with Gasteiger partial charge in [0.05, 0.1) is 11.8 Å². The second kappa shape index (κ2) is 5.61. The van der Waals surface area contributed by atoms with Crippen molar-refractivity contribution in [3.63, 3.8) is 0 Å². The summed E-state index contributed by atoms with van der Waals surface area (Å²) in [4.78, 5) is 14.0. The molecule has 0 heterocycles. The van der Waals surface area contributed by atoms with Gasteiger partial charge in [-0.1, -0.05) is 11.6 Å². The zero-order chi connectivity index (χ0) is 14.8. The molecule has 1 aromatic carbocycles. The molecule has 6 heteroatoms. The molecule has 0 fully saturated rings. The van der Waals surface area contributed by atoms with Crippen LogP contribution in [-0.2, 0) is 10.0 Å². The number of rotatable bonds is 4. The number of benzene rings is 1. The van der Waals surface area contributed by atoms with Gasteiger partial charge in [-0.25, -0.2) is 13.1 Å². The van der Waals surface area contributed by atoms with Crippen molar-refractivity contribution in [3.05, 3.63) is 29.3 Å². The molecule has 0 radical (unpaired) electrons. The third kappa shape index (κ3) is 4.24. The lowest BCUT2D eigenvalue weighted by Gasteiger charge is -2.26. The zero-order valence-corrected chi connectivity index (χ0v) is 12.7. The highest BCUT2D eigenvalue weighted by molar-refractivity contribution is 7.89.